The maximum absolute atomic E-state index is 3.48. The lowest BCUT2D eigenvalue weighted by Crippen LogP contribution is -2.14. The van der Waals surface area contributed by atoms with E-state index in [0.29, 0.717) is 0 Å². The highest BCUT2D eigenvalue weighted by molar-refractivity contribution is 5.85. The van der Waals surface area contributed by atoms with E-state index >= 15 is 0 Å². The molecule has 0 amide bonds. The van der Waals surface area contributed by atoms with Crippen LogP contribution in [0, 0.1) is 6.92 Å². The number of rotatable bonds is 7. The number of nitrogens with one attached hydrogen (secondary N) is 1. The molecule has 16 heavy (non-hydrogen) atoms. The Labute approximate surface area is 106 Å². The van der Waals surface area contributed by atoms with Gasteiger partial charge in [0.15, 0.2) is 0 Å². The summed E-state index contributed by atoms with van der Waals surface area (Å²) in [6, 6.07) is 8.75. The predicted octanol–water partition coefficient (Wildman–Crippen LogP) is 4.09. The van der Waals surface area contributed by atoms with E-state index in [4.69, 9.17) is 0 Å². The number of aryl methyl sites for hydroxylation is 1. The third-order valence-corrected chi connectivity index (χ3v) is 2.66. The van der Waals surface area contributed by atoms with Crippen LogP contribution in [0.4, 0.5) is 0 Å². The average Bonchev–Trinajstić information content (AvgIpc) is 2.26. The van der Waals surface area contributed by atoms with Gasteiger partial charge in [0, 0.05) is 6.54 Å². The second kappa shape index (κ2) is 9.68. The number of hydrogen-bond acceptors (Lipinski definition) is 1. The molecule has 1 N–H and O–H groups in total. The van der Waals surface area contributed by atoms with E-state index in [2.05, 4.69) is 43.4 Å². The lowest BCUT2D eigenvalue weighted by molar-refractivity contribution is 0.598. The normalized spacial score (nSPS) is 9.88. The predicted molar refractivity (Wildman–Crippen MR) is 74.3 cm³/mol. The summed E-state index contributed by atoms with van der Waals surface area (Å²) >= 11 is 0. The van der Waals surface area contributed by atoms with E-state index in [1.807, 2.05) is 0 Å². The van der Waals surface area contributed by atoms with Crippen LogP contribution in [-0.2, 0) is 6.54 Å². The molecule has 0 aromatic heterocycles. The minimum Gasteiger partial charge on any atom is -0.313 e. The van der Waals surface area contributed by atoms with E-state index < -0.39 is 0 Å². The van der Waals surface area contributed by atoms with Gasteiger partial charge in [-0.05, 0) is 25.5 Å². The first-order valence-electron chi connectivity index (χ1n) is 6.09. The minimum absolute atomic E-state index is 0. The molecule has 0 saturated heterocycles. The summed E-state index contributed by atoms with van der Waals surface area (Å²) < 4.78 is 0. The molecule has 1 aromatic carbocycles. The smallest absolute Gasteiger partial charge is 0.0205 e. The van der Waals surface area contributed by atoms with Crippen LogP contribution in [0.1, 0.15) is 43.7 Å². The third kappa shape index (κ3) is 6.86. The highest BCUT2D eigenvalue weighted by Crippen LogP contribution is 2.03. The van der Waals surface area contributed by atoms with Gasteiger partial charge in [0.2, 0.25) is 0 Å². The number of hydrogen-bond donors (Lipinski definition) is 1. The Morgan fingerprint density at radius 3 is 2.31 bits per heavy atom. The van der Waals surface area contributed by atoms with Gasteiger partial charge < -0.3 is 5.32 Å². The molecule has 1 aromatic rings. The monoisotopic (exact) mass is 241 g/mol. The first-order valence-corrected chi connectivity index (χ1v) is 6.09. The minimum atomic E-state index is 0. The Hall–Kier alpha value is -0.530. The zero-order chi connectivity index (χ0) is 10.9. The lowest BCUT2D eigenvalue weighted by Gasteiger charge is -2.04. The summed E-state index contributed by atoms with van der Waals surface area (Å²) in [5.74, 6) is 0. The fraction of sp³-hybridized carbons (Fsp3) is 0.571. The van der Waals surface area contributed by atoms with E-state index in [0.717, 1.165) is 13.1 Å². The molecule has 1 nitrogen and oxygen atoms in total. The molecule has 0 aliphatic rings. The van der Waals surface area contributed by atoms with Gasteiger partial charge in [-0.1, -0.05) is 56.0 Å². The van der Waals surface area contributed by atoms with Crippen molar-refractivity contribution in [2.24, 2.45) is 0 Å². The average molecular weight is 242 g/mol. The van der Waals surface area contributed by atoms with Crippen molar-refractivity contribution in [1.29, 1.82) is 0 Å². The molecule has 2 heteroatoms. The Kier molecular flexibility index (Phi) is 9.36. The Morgan fingerprint density at radius 2 is 1.69 bits per heavy atom. The van der Waals surface area contributed by atoms with Crippen LogP contribution in [0.5, 0.6) is 0 Å². The fourth-order valence-electron chi connectivity index (χ4n) is 1.62. The summed E-state index contributed by atoms with van der Waals surface area (Å²) in [5, 5.41) is 3.48. The number of benzene rings is 1. The molecular weight excluding hydrogens is 218 g/mol. The molecule has 0 aliphatic carbocycles. The van der Waals surface area contributed by atoms with Gasteiger partial charge in [0.05, 0.1) is 0 Å². The van der Waals surface area contributed by atoms with Crippen LogP contribution in [0.25, 0.3) is 0 Å². The fourth-order valence-corrected chi connectivity index (χ4v) is 1.62. The SMILES string of the molecule is CCCCCCNCc1ccc(C)cc1.Cl. The van der Waals surface area contributed by atoms with Crippen molar-refractivity contribution in [3.63, 3.8) is 0 Å². The van der Waals surface area contributed by atoms with Gasteiger partial charge in [0.1, 0.15) is 0 Å². The Bertz CT molecular complexity index is 256. The molecule has 0 saturated carbocycles. The summed E-state index contributed by atoms with van der Waals surface area (Å²) in [7, 11) is 0. The van der Waals surface area contributed by atoms with Crippen molar-refractivity contribution in [2.45, 2.75) is 46.1 Å². The maximum atomic E-state index is 3.48. The van der Waals surface area contributed by atoms with Crippen molar-refractivity contribution in [1.82, 2.24) is 5.32 Å². The summed E-state index contributed by atoms with van der Waals surface area (Å²) in [6.45, 7) is 6.53. The van der Waals surface area contributed by atoms with Gasteiger partial charge in [-0.3, -0.25) is 0 Å². The van der Waals surface area contributed by atoms with E-state index in [9.17, 15) is 0 Å². The Balaban J connectivity index is 0.00000225. The molecule has 0 radical (unpaired) electrons. The van der Waals surface area contributed by atoms with Crippen LogP contribution < -0.4 is 5.32 Å². The van der Waals surface area contributed by atoms with Crippen LogP contribution in [0.15, 0.2) is 24.3 Å². The van der Waals surface area contributed by atoms with Crippen molar-refractivity contribution >= 4 is 12.4 Å². The van der Waals surface area contributed by atoms with Crippen LogP contribution in [-0.4, -0.2) is 6.54 Å². The molecule has 0 spiro atoms. The van der Waals surface area contributed by atoms with Gasteiger partial charge >= 0.3 is 0 Å². The Morgan fingerprint density at radius 1 is 1.00 bits per heavy atom. The summed E-state index contributed by atoms with van der Waals surface area (Å²) in [4.78, 5) is 0. The maximum Gasteiger partial charge on any atom is 0.0205 e. The van der Waals surface area contributed by atoms with Gasteiger partial charge in [-0.25, -0.2) is 0 Å². The highest BCUT2D eigenvalue weighted by atomic mass is 35.5. The standard InChI is InChI=1S/C14H23N.ClH/c1-3-4-5-6-11-15-12-14-9-7-13(2)8-10-14;/h7-10,15H,3-6,11-12H2,1-2H3;1H. The molecule has 0 atom stereocenters. The number of halogens is 1. The summed E-state index contributed by atoms with van der Waals surface area (Å²) in [5.41, 5.74) is 2.72. The molecule has 0 bridgehead atoms. The summed E-state index contributed by atoms with van der Waals surface area (Å²) in [6.07, 6.45) is 5.35. The van der Waals surface area contributed by atoms with E-state index in [-0.39, 0.29) is 12.4 Å². The van der Waals surface area contributed by atoms with Crippen LogP contribution in [0.3, 0.4) is 0 Å². The number of unbranched alkanes of at least 4 members (excludes halogenated alkanes) is 3. The van der Waals surface area contributed by atoms with Crippen molar-refractivity contribution in [3.05, 3.63) is 35.4 Å². The lowest BCUT2D eigenvalue weighted by atomic mass is 10.1. The van der Waals surface area contributed by atoms with Gasteiger partial charge in [0.25, 0.3) is 0 Å². The van der Waals surface area contributed by atoms with Crippen molar-refractivity contribution in [2.75, 3.05) is 6.54 Å². The molecule has 1 rings (SSSR count). The third-order valence-electron chi connectivity index (χ3n) is 2.66. The van der Waals surface area contributed by atoms with Gasteiger partial charge in [-0.15, -0.1) is 12.4 Å². The van der Waals surface area contributed by atoms with E-state index in [1.54, 1.807) is 0 Å². The second-order valence-corrected chi connectivity index (χ2v) is 4.22. The van der Waals surface area contributed by atoms with Crippen LogP contribution >= 0.6 is 12.4 Å². The van der Waals surface area contributed by atoms with E-state index in [1.165, 1.54) is 36.8 Å². The van der Waals surface area contributed by atoms with Crippen molar-refractivity contribution in [3.8, 4) is 0 Å². The van der Waals surface area contributed by atoms with Crippen molar-refractivity contribution < 1.29 is 0 Å². The largest absolute Gasteiger partial charge is 0.313 e. The first-order chi connectivity index (χ1) is 7.33. The molecule has 0 aliphatic heterocycles. The molecule has 0 unspecified atom stereocenters. The first kappa shape index (κ1) is 15.5. The molecule has 0 fully saturated rings. The zero-order valence-corrected chi connectivity index (χ0v) is 11.3. The quantitative estimate of drug-likeness (QED) is 0.710. The topological polar surface area (TPSA) is 12.0 Å². The zero-order valence-electron chi connectivity index (χ0n) is 10.5. The van der Waals surface area contributed by atoms with Crippen LogP contribution in [0.2, 0.25) is 0 Å². The highest BCUT2D eigenvalue weighted by Gasteiger charge is 1.92. The molecule has 0 heterocycles. The molecule has 92 valence electrons. The van der Waals surface area contributed by atoms with Gasteiger partial charge in [-0.2, -0.15) is 0 Å². The molecular formula is C14H24ClN. The second-order valence-electron chi connectivity index (χ2n) is 4.22.